The fourth-order valence-electron chi connectivity index (χ4n) is 2.73. The zero-order chi connectivity index (χ0) is 17.6. The number of carbonyl (C=O) groups is 2. The maximum absolute atomic E-state index is 12.4. The van der Waals surface area contributed by atoms with Gasteiger partial charge in [0.15, 0.2) is 0 Å². The van der Waals surface area contributed by atoms with Gasteiger partial charge in [-0.1, -0.05) is 35.9 Å². The first-order valence-electron chi connectivity index (χ1n) is 8.15. The maximum atomic E-state index is 12.4. The average molecular weight is 359 g/mol. The van der Waals surface area contributed by atoms with Crippen molar-refractivity contribution in [2.45, 2.75) is 19.4 Å². The van der Waals surface area contributed by atoms with Gasteiger partial charge in [-0.05, 0) is 36.2 Å². The molecule has 6 heteroatoms. The highest BCUT2D eigenvalue weighted by molar-refractivity contribution is 6.30. The van der Waals surface area contributed by atoms with E-state index in [0.717, 1.165) is 5.56 Å². The van der Waals surface area contributed by atoms with E-state index in [1.807, 2.05) is 30.3 Å². The summed E-state index contributed by atoms with van der Waals surface area (Å²) < 4.78 is 5.83. The number of anilines is 1. The van der Waals surface area contributed by atoms with Gasteiger partial charge in [0.25, 0.3) is 0 Å². The molecule has 1 fully saturated rings. The largest absolute Gasteiger partial charge is 0.487 e. The summed E-state index contributed by atoms with van der Waals surface area (Å²) in [6.07, 6.45) is 0.862. The second-order valence-corrected chi connectivity index (χ2v) is 6.38. The Morgan fingerprint density at radius 3 is 2.88 bits per heavy atom. The molecule has 3 rings (SSSR count). The number of halogens is 1. The Morgan fingerprint density at radius 2 is 2.08 bits per heavy atom. The Kier molecular flexibility index (Phi) is 5.56. The molecule has 1 saturated heterocycles. The summed E-state index contributed by atoms with van der Waals surface area (Å²) in [6.45, 7) is 0.878. The molecule has 2 N–H and O–H groups in total. The molecule has 1 heterocycles. The van der Waals surface area contributed by atoms with Gasteiger partial charge < -0.3 is 15.4 Å². The molecule has 1 aliphatic rings. The number of hydrogen-bond acceptors (Lipinski definition) is 3. The lowest BCUT2D eigenvalue weighted by Gasteiger charge is -2.22. The van der Waals surface area contributed by atoms with Gasteiger partial charge in [0.05, 0.1) is 5.69 Å². The average Bonchev–Trinajstić information content (AvgIpc) is 2.61. The molecular formula is C19H19ClN2O3. The lowest BCUT2D eigenvalue weighted by molar-refractivity contribution is -0.129. The van der Waals surface area contributed by atoms with Crippen LogP contribution in [0.2, 0.25) is 5.02 Å². The highest BCUT2D eigenvalue weighted by Gasteiger charge is 2.26. The Morgan fingerprint density at radius 1 is 1.24 bits per heavy atom. The van der Waals surface area contributed by atoms with Gasteiger partial charge in [-0.2, -0.15) is 0 Å². The number of carbonyl (C=O) groups excluding carboxylic acids is 2. The summed E-state index contributed by atoms with van der Waals surface area (Å²) in [5, 5.41) is 6.26. The maximum Gasteiger partial charge on any atom is 0.228 e. The Labute approximate surface area is 151 Å². The van der Waals surface area contributed by atoms with Crippen LogP contribution in [0.15, 0.2) is 48.5 Å². The number of rotatable bonds is 5. The molecule has 0 aromatic heterocycles. The minimum absolute atomic E-state index is 0.0862. The number of piperidine rings is 1. The van der Waals surface area contributed by atoms with Crippen LogP contribution in [0.5, 0.6) is 5.75 Å². The molecule has 5 nitrogen and oxygen atoms in total. The quantitative estimate of drug-likeness (QED) is 0.861. The van der Waals surface area contributed by atoms with E-state index >= 15 is 0 Å². The predicted octanol–water partition coefficient (Wildman–Crippen LogP) is 3.38. The van der Waals surface area contributed by atoms with Gasteiger partial charge >= 0.3 is 0 Å². The predicted molar refractivity (Wildman–Crippen MR) is 96.6 cm³/mol. The summed E-state index contributed by atoms with van der Waals surface area (Å²) in [6, 6.07) is 14.7. The van der Waals surface area contributed by atoms with E-state index in [9.17, 15) is 9.59 Å². The van der Waals surface area contributed by atoms with Gasteiger partial charge in [0.1, 0.15) is 12.4 Å². The number of nitrogens with one attached hydrogen (secondary N) is 2. The van der Waals surface area contributed by atoms with Crippen molar-refractivity contribution in [1.29, 1.82) is 0 Å². The highest BCUT2D eigenvalue weighted by atomic mass is 35.5. The minimum atomic E-state index is -0.310. The van der Waals surface area contributed by atoms with E-state index in [-0.39, 0.29) is 24.2 Å². The van der Waals surface area contributed by atoms with Crippen molar-refractivity contribution in [1.82, 2.24) is 5.32 Å². The van der Waals surface area contributed by atoms with Gasteiger partial charge in [-0.15, -0.1) is 0 Å². The Balaban J connectivity index is 1.66. The molecule has 0 spiro atoms. The van der Waals surface area contributed by atoms with Crippen LogP contribution >= 0.6 is 11.6 Å². The Bertz CT molecular complexity index is 779. The SMILES string of the molecule is O=C1CC(C(=O)Nc2ccccc2OCc2cccc(Cl)c2)CCN1. The van der Waals surface area contributed by atoms with E-state index in [1.54, 1.807) is 18.2 Å². The van der Waals surface area contributed by atoms with Crippen LogP contribution in [0.4, 0.5) is 5.69 Å². The van der Waals surface area contributed by atoms with E-state index < -0.39 is 0 Å². The first-order valence-corrected chi connectivity index (χ1v) is 8.53. The summed E-state index contributed by atoms with van der Waals surface area (Å²) in [4.78, 5) is 23.9. The van der Waals surface area contributed by atoms with E-state index in [4.69, 9.17) is 16.3 Å². The lowest BCUT2D eigenvalue weighted by Crippen LogP contribution is -2.38. The van der Waals surface area contributed by atoms with Crippen molar-refractivity contribution >= 4 is 29.1 Å². The van der Waals surface area contributed by atoms with Crippen LogP contribution in [0.3, 0.4) is 0 Å². The van der Waals surface area contributed by atoms with Crippen molar-refractivity contribution in [3.63, 3.8) is 0 Å². The smallest absolute Gasteiger partial charge is 0.228 e. The third-order valence-corrected chi connectivity index (χ3v) is 4.28. The third kappa shape index (κ3) is 4.73. The van der Waals surface area contributed by atoms with Gasteiger partial charge in [-0.25, -0.2) is 0 Å². The van der Waals surface area contributed by atoms with Gasteiger partial charge in [0.2, 0.25) is 11.8 Å². The van der Waals surface area contributed by atoms with Crippen LogP contribution in [0, 0.1) is 5.92 Å². The van der Waals surface area contributed by atoms with Crippen LogP contribution in [-0.4, -0.2) is 18.4 Å². The summed E-state index contributed by atoms with van der Waals surface area (Å²) >= 11 is 5.98. The number of para-hydroxylation sites is 2. The summed E-state index contributed by atoms with van der Waals surface area (Å²) in [5.74, 6) is 0.0244. The molecule has 130 valence electrons. The normalized spacial score (nSPS) is 16.8. The molecule has 1 aliphatic heterocycles. The van der Waals surface area contributed by atoms with Crippen LogP contribution in [0.1, 0.15) is 18.4 Å². The molecule has 0 saturated carbocycles. The second-order valence-electron chi connectivity index (χ2n) is 5.94. The second kappa shape index (κ2) is 8.03. The highest BCUT2D eigenvalue weighted by Crippen LogP contribution is 2.26. The van der Waals surface area contributed by atoms with Crippen molar-refractivity contribution in [2.24, 2.45) is 5.92 Å². The summed E-state index contributed by atoms with van der Waals surface area (Å²) in [7, 11) is 0. The number of ether oxygens (including phenoxy) is 1. The fraction of sp³-hybridized carbons (Fsp3) is 0.263. The number of amides is 2. The van der Waals surface area contributed by atoms with Crippen LogP contribution in [-0.2, 0) is 16.2 Å². The zero-order valence-electron chi connectivity index (χ0n) is 13.6. The molecule has 2 aromatic rings. The van der Waals surface area contributed by atoms with Crippen LogP contribution < -0.4 is 15.4 Å². The molecule has 0 radical (unpaired) electrons. The summed E-state index contributed by atoms with van der Waals surface area (Å²) in [5.41, 5.74) is 1.54. The lowest BCUT2D eigenvalue weighted by atomic mass is 9.96. The minimum Gasteiger partial charge on any atom is -0.487 e. The zero-order valence-corrected chi connectivity index (χ0v) is 14.4. The molecule has 0 aliphatic carbocycles. The first-order chi connectivity index (χ1) is 12.1. The first kappa shape index (κ1) is 17.3. The van der Waals surface area contributed by atoms with E-state index in [0.29, 0.717) is 36.0 Å². The molecule has 0 bridgehead atoms. The van der Waals surface area contributed by atoms with Crippen molar-refractivity contribution in [2.75, 3.05) is 11.9 Å². The standard InChI is InChI=1S/C19H19ClN2O3/c20-15-5-3-4-13(10-15)12-25-17-7-2-1-6-16(17)22-19(24)14-8-9-21-18(23)11-14/h1-7,10,14H,8-9,11-12H2,(H,21,23)(H,22,24). The third-order valence-electron chi connectivity index (χ3n) is 4.05. The number of benzene rings is 2. The van der Waals surface area contributed by atoms with Crippen LogP contribution in [0.25, 0.3) is 0 Å². The van der Waals surface area contributed by atoms with E-state index in [1.165, 1.54) is 0 Å². The molecule has 2 amide bonds. The Hall–Kier alpha value is -2.53. The number of hydrogen-bond donors (Lipinski definition) is 2. The monoisotopic (exact) mass is 358 g/mol. The fourth-order valence-corrected chi connectivity index (χ4v) is 2.94. The molecular weight excluding hydrogens is 340 g/mol. The van der Waals surface area contributed by atoms with Gasteiger partial charge in [0, 0.05) is 23.9 Å². The molecule has 2 aromatic carbocycles. The van der Waals surface area contributed by atoms with Crippen molar-refractivity contribution in [3.8, 4) is 5.75 Å². The van der Waals surface area contributed by atoms with E-state index in [2.05, 4.69) is 10.6 Å². The van der Waals surface area contributed by atoms with Crippen molar-refractivity contribution in [3.05, 3.63) is 59.1 Å². The molecule has 1 atom stereocenters. The topological polar surface area (TPSA) is 67.4 Å². The van der Waals surface area contributed by atoms with Gasteiger partial charge in [-0.3, -0.25) is 9.59 Å². The van der Waals surface area contributed by atoms with Crippen molar-refractivity contribution < 1.29 is 14.3 Å². The molecule has 1 unspecified atom stereocenters. The molecule has 25 heavy (non-hydrogen) atoms.